The van der Waals surface area contributed by atoms with Crippen LogP contribution in [0, 0.1) is 0 Å². The average Bonchev–Trinajstić information content (AvgIpc) is 2.68. The molecule has 18 heavy (non-hydrogen) atoms. The Kier molecular flexibility index (Phi) is 3.01. The highest BCUT2D eigenvalue weighted by molar-refractivity contribution is 5.07. The molecule has 4 heteroatoms. The Balaban J connectivity index is 1.78. The summed E-state index contributed by atoms with van der Waals surface area (Å²) in [5.41, 5.74) is -0.471. The quantitative estimate of drug-likeness (QED) is 0.728. The summed E-state index contributed by atoms with van der Waals surface area (Å²) in [6, 6.07) is 0. The standard InChI is InChI=1S/C14H22O4/c1-12(11-15)8-9-14(17-12)7-4-6-13(18-14)5-2-3-10-16-13/h4,6,15H,2-3,5,7-11H2,1H3/t12-,13+,14-/m1/s1. The smallest absolute Gasteiger partial charge is 0.191 e. The predicted octanol–water partition coefficient (Wildman–Crippen LogP) is 2.12. The van der Waals surface area contributed by atoms with Gasteiger partial charge in [-0.1, -0.05) is 6.08 Å². The van der Waals surface area contributed by atoms with Crippen LogP contribution in [-0.4, -0.2) is 35.5 Å². The molecule has 2 spiro atoms. The highest BCUT2D eigenvalue weighted by Gasteiger charge is 2.53. The zero-order valence-electron chi connectivity index (χ0n) is 11.0. The summed E-state index contributed by atoms with van der Waals surface area (Å²) in [7, 11) is 0. The molecule has 0 bridgehead atoms. The summed E-state index contributed by atoms with van der Waals surface area (Å²) in [5, 5.41) is 9.41. The van der Waals surface area contributed by atoms with Gasteiger partial charge in [-0.25, -0.2) is 0 Å². The molecule has 0 aromatic carbocycles. The Hall–Kier alpha value is -0.420. The lowest BCUT2D eigenvalue weighted by Crippen LogP contribution is -2.50. The highest BCUT2D eigenvalue weighted by Crippen LogP contribution is 2.47. The van der Waals surface area contributed by atoms with Crippen molar-refractivity contribution in [3.05, 3.63) is 12.2 Å². The van der Waals surface area contributed by atoms with Crippen LogP contribution in [0.15, 0.2) is 12.2 Å². The normalized spacial score (nSPS) is 48.1. The van der Waals surface area contributed by atoms with Gasteiger partial charge < -0.3 is 19.3 Å². The minimum atomic E-state index is -0.594. The summed E-state index contributed by atoms with van der Waals surface area (Å²) < 4.78 is 18.1. The van der Waals surface area contributed by atoms with Crippen molar-refractivity contribution in [3.63, 3.8) is 0 Å². The summed E-state index contributed by atoms with van der Waals surface area (Å²) in [6.07, 6.45) is 9.65. The lowest BCUT2D eigenvalue weighted by Gasteiger charge is -2.45. The topological polar surface area (TPSA) is 47.9 Å². The van der Waals surface area contributed by atoms with Crippen LogP contribution in [0.1, 0.15) is 45.4 Å². The van der Waals surface area contributed by atoms with E-state index < -0.39 is 17.2 Å². The largest absolute Gasteiger partial charge is 0.393 e. The number of hydrogen-bond acceptors (Lipinski definition) is 4. The van der Waals surface area contributed by atoms with E-state index in [-0.39, 0.29) is 6.61 Å². The molecule has 3 aliphatic rings. The first-order valence-electron chi connectivity index (χ1n) is 6.92. The third-order valence-electron chi connectivity index (χ3n) is 4.23. The SMILES string of the molecule is C[C@]1(CO)CC[C@]2(CC=C[C@]3(CCCCO3)O2)O1. The third-order valence-corrected chi connectivity index (χ3v) is 4.23. The van der Waals surface area contributed by atoms with Crippen molar-refractivity contribution >= 4 is 0 Å². The Bertz CT molecular complexity index is 348. The maximum atomic E-state index is 9.41. The molecule has 2 fully saturated rings. The van der Waals surface area contributed by atoms with Gasteiger partial charge in [-0.15, -0.1) is 0 Å². The second kappa shape index (κ2) is 4.30. The van der Waals surface area contributed by atoms with E-state index in [2.05, 4.69) is 6.08 Å². The minimum Gasteiger partial charge on any atom is -0.393 e. The zero-order valence-corrected chi connectivity index (χ0v) is 11.0. The van der Waals surface area contributed by atoms with Crippen LogP contribution in [0.4, 0.5) is 0 Å². The molecule has 0 amide bonds. The van der Waals surface area contributed by atoms with Crippen LogP contribution in [0.25, 0.3) is 0 Å². The molecule has 0 radical (unpaired) electrons. The Labute approximate surface area is 108 Å². The monoisotopic (exact) mass is 254 g/mol. The second-order valence-corrected chi connectivity index (χ2v) is 5.95. The van der Waals surface area contributed by atoms with Gasteiger partial charge >= 0.3 is 0 Å². The predicted molar refractivity (Wildman–Crippen MR) is 65.9 cm³/mol. The van der Waals surface area contributed by atoms with E-state index in [0.29, 0.717) is 0 Å². The summed E-state index contributed by atoms with van der Waals surface area (Å²) >= 11 is 0. The van der Waals surface area contributed by atoms with Crippen molar-refractivity contribution in [2.24, 2.45) is 0 Å². The Morgan fingerprint density at radius 3 is 2.72 bits per heavy atom. The molecule has 3 aliphatic heterocycles. The van der Waals surface area contributed by atoms with Gasteiger partial charge in [-0.05, 0) is 32.3 Å². The molecule has 0 aromatic rings. The molecule has 4 nitrogen and oxygen atoms in total. The molecule has 3 heterocycles. The second-order valence-electron chi connectivity index (χ2n) is 5.95. The summed E-state index contributed by atoms with van der Waals surface area (Å²) in [5.74, 6) is -1.18. The molecule has 1 N–H and O–H groups in total. The molecule has 0 saturated carbocycles. The fourth-order valence-electron chi connectivity index (χ4n) is 3.14. The summed E-state index contributed by atoms with van der Waals surface area (Å²) in [6.45, 7) is 2.73. The first-order valence-corrected chi connectivity index (χ1v) is 6.92. The van der Waals surface area contributed by atoms with Crippen molar-refractivity contribution in [1.29, 1.82) is 0 Å². The third kappa shape index (κ3) is 2.11. The van der Waals surface area contributed by atoms with Crippen molar-refractivity contribution in [2.75, 3.05) is 13.2 Å². The number of hydrogen-bond donors (Lipinski definition) is 1. The van der Waals surface area contributed by atoms with Gasteiger partial charge in [-0.3, -0.25) is 0 Å². The van der Waals surface area contributed by atoms with E-state index >= 15 is 0 Å². The highest BCUT2D eigenvalue weighted by atomic mass is 16.8. The van der Waals surface area contributed by atoms with Crippen LogP contribution < -0.4 is 0 Å². The van der Waals surface area contributed by atoms with E-state index in [1.165, 1.54) is 0 Å². The molecule has 102 valence electrons. The van der Waals surface area contributed by atoms with Gasteiger partial charge in [0.25, 0.3) is 0 Å². The van der Waals surface area contributed by atoms with E-state index in [4.69, 9.17) is 14.2 Å². The van der Waals surface area contributed by atoms with Crippen LogP contribution in [-0.2, 0) is 14.2 Å². The van der Waals surface area contributed by atoms with E-state index in [0.717, 1.165) is 45.1 Å². The molecule has 3 atom stereocenters. The van der Waals surface area contributed by atoms with Gasteiger partial charge in [0, 0.05) is 19.3 Å². The van der Waals surface area contributed by atoms with E-state index in [1.807, 2.05) is 13.0 Å². The van der Waals surface area contributed by atoms with Gasteiger partial charge in [-0.2, -0.15) is 0 Å². The molecular weight excluding hydrogens is 232 g/mol. The van der Waals surface area contributed by atoms with Gasteiger partial charge in [0.15, 0.2) is 11.6 Å². The van der Waals surface area contributed by atoms with E-state index in [9.17, 15) is 5.11 Å². The molecule has 0 unspecified atom stereocenters. The van der Waals surface area contributed by atoms with Crippen LogP contribution in [0.3, 0.4) is 0 Å². The van der Waals surface area contributed by atoms with Gasteiger partial charge in [0.05, 0.1) is 18.8 Å². The summed E-state index contributed by atoms with van der Waals surface area (Å²) in [4.78, 5) is 0. The number of aliphatic hydroxyl groups excluding tert-OH is 1. The van der Waals surface area contributed by atoms with Crippen molar-refractivity contribution in [2.45, 2.75) is 62.6 Å². The molecule has 0 aromatic heterocycles. The Morgan fingerprint density at radius 1 is 1.17 bits per heavy atom. The average molecular weight is 254 g/mol. The molecular formula is C14H22O4. The first-order chi connectivity index (χ1) is 8.60. The number of aliphatic hydroxyl groups is 1. The van der Waals surface area contributed by atoms with Gasteiger partial charge in [0.1, 0.15) is 0 Å². The maximum absolute atomic E-state index is 9.41. The van der Waals surface area contributed by atoms with Gasteiger partial charge in [0.2, 0.25) is 0 Å². The maximum Gasteiger partial charge on any atom is 0.191 e. The number of rotatable bonds is 1. The minimum absolute atomic E-state index is 0.0374. The Morgan fingerprint density at radius 2 is 2.06 bits per heavy atom. The van der Waals surface area contributed by atoms with Crippen molar-refractivity contribution < 1.29 is 19.3 Å². The number of ether oxygens (including phenoxy) is 3. The fourth-order valence-corrected chi connectivity index (χ4v) is 3.14. The van der Waals surface area contributed by atoms with E-state index in [1.54, 1.807) is 0 Å². The molecule has 3 rings (SSSR count). The lowest BCUT2D eigenvalue weighted by molar-refractivity contribution is -0.358. The fraction of sp³-hybridized carbons (Fsp3) is 0.857. The molecule has 2 saturated heterocycles. The van der Waals surface area contributed by atoms with Crippen molar-refractivity contribution in [1.82, 2.24) is 0 Å². The zero-order chi connectivity index (χ0) is 12.7. The van der Waals surface area contributed by atoms with Crippen LogP contribution in [0.5, 0.6) is 0 Å². The molecule has 0 aliphatic carbocycles. The van der Waals surface area contributed by atoms with Crippen LogP contribution >= 0.6 is 0 Å². The van der Waals surface area contributed by atoms with Crippen LogP contribution in [0.2, 0.25) is 0 Å². The lowest BCUT2D eigenvalue weighted by atomic mass is 9.97. The first kappa shape index (κ1) is 12.6. The van der Waals surface area contributed by atoms with Crippen molar-refractivity contribution in [3.8, 4) is 0 Å².